The van der Waals surface area contributed by atoms with Crippen LogP contribution in [0.2, 0.25) is 0 Å². The maximum Gasteiger partial charge on any atom is 0.135 e. The van der Waals surface area contributed by atoms with E-state index in [9.17, 15) is 21.0 Å². The van der Waals surface area contributed by atoms with E-state index in [2.05, 4.69) is 60.7 Å². The summed E-state index contributed by atoms with van der Waals surface area (Å²) in [4.78, 5) is 4.93. The van der Waals surface area contributed by atoms with E-state index in [4.69, 9.17) is 9.47 Å². The molecule has 0 unspecified atom stereocenters. The second kappa shape index (κ2) is 13.0. The highest BCUT2D eigenvalue weighted by Gasteiger charge is 2.47. The van der Waals surface area contributed by atoms with Crippen LogP contribution in [-0.4, -0.2) is 0 Å². The molecule has 4 heterocycles. The third kappa shape index (κ3) is 5.27. The molecule has 1 aromatic carbocycles. The Kier molecular flexibility index (Phi) is 8.23. The Hall–Kier alpha value is -4.86. The minimum Gasteiger partial charge on any atom is -0.482 e. The molecule has 0 radical (unpaired) electrons. The summed E-state index contributed by atoms with van der Waals surface area (Å²) in [6, 6.07) is 17.7. The van der Waals surface area contributed by atoms with Crippen molar-refractivity contribution in [3.05, 3.63) is 79.6 Å². The highest BCUT2D eigenvalue weighted by molar-refractivity contribution is 7.17. The Labute approximate surface area is 313 Å². The van der Waals surface area contributed by atoms with Crippen LogP contribution in [0.4, 0.5) is 0 Å². The third-order valence-corrected chi connectivity index (χ3v) is 14.6. The number of fused-ring (bicyclic) bond motifs is 8. The van der Waals surface area contributed by atoms with E-state index in [1.165, 1.54) is 54.6 Å². The quantitative estimate of drug-likeness (QED) is 0.244. The van der Waals surface area contributed by atoms with E-state index in [0.717, 1.165) is 124 Å². The van der Waals surface area contributed by atoms with Gasteiger partial charge in [0.1, 0.15) is 58.1 Å². The summed E-state index contributed by atoms with van der Waals surface area (Å²) in [6.07, 6.45) is 20.3. The molecule has 0 amide bonds. The molecule has 2 fully saturated rings. The van der Waals surface area contributed by atoms with Crippen molar-refractivity contribution in [3.8, 4) is 56.7 Å². The van der Waals surface area contributed by atoms with E-state index in [-0.39, 0.29) is 22.3 Å². The lowest BCUT2D eigenvalue weighted by Crippen LogP contribution is -2.38. The van der Waals surface area contributed by atoms with Crippen LogP contribution in [0.1, 0.15) is 124 Å². The Morgan fingerprint density at radius 3 is 1.31 bits per heavy atom. The predicted molar refractivity (Wildman–Crippen MR) is 204 cm³/mol. The molecule has 2 spiro atoms. The second-order valence-electron chi connectivity index (χ2n) is 15.2. The van der Waals surface area contributed by atoms with E-state index in [1.807, 2.05) is 22.7 Å². The van der Waals surface area contributed by atoms with Crippen molar-refractivity contribution >= 4 is 33.8 Å². The molecule has 0 bridgehead atoms. The van der Waals surface area contributed by atoms with Gasteiger partial charge in [-0.2, -0.15) is 21.0 Å². The van der Waals surface area contributed by atoms with Crippen LogP contribution in [0.3, 0.4) is 0 Å². The first-order valence-corrected chi connectivity index (χ1v) is 20.5. The Morgan fingerprint density at radius 2 is 0.923 bits per heavy atom. The SMILES string of the molecule is N#CC(C#N)=C1C=C(c2cc3c(s2)-c2cc4c(cc2OC32CCCCC2)-c2sc(C3=CC(=C(C#N)C#N)CCC3)cc2C2(CCCCC2)O4)CCC1. The Bertz CT molecular complexity index is 2130. The summed E-state index contributed by atoms with van der Waals surface area (Å²) in [6.45, 7) is 0. The number of allylic oxidation sites excluding steroid dienone is 8. The fraction of sp³-hybridized carbons (Fsp3) is 0.409. The van der Waals surface area contributed by atoms with Crippen LogP contribution in [0.5, 0.6) is 11.5 Å². The number of hydrogen-bond acceptors (Lipinski definition) is 8. The molecule has 2 aliphatic heterocycles. The van der Waals surface area contributed by atoms with Gasteiger partial charge in [0.05, 0.1) is 0 Å². The van der Waals surface area contributed by atoms with Gasteiger partial charge in [0.2, 0.25) is 0 Å². The zero-order valence-electron chi connectivity index (χ0n) is 29.2. The van der Waals surface area contributed by atoms with Crippen molar-refractivity contribution in [3.63, 3.8) is 0 Å². The number of nitrogens with zero attached hydrogens (tertiary/aromatic N) is 4. The van der Waals surface area contributed by atoms with Gasteiger partial charge in [0, 0.05) is 41.8 Å². The van der Waals surface area contributed by atoms with Gasteiger partial charge < -0.3 is 9.47 Å². The molecule has 258 valence electrons. The Balaban J connectivity index is 1.20. The summed E-state index contributed by atoms with van der Waals surface area (Å²) in [7, 11) is 0. The summed E-state index contributed by atoms with van der Waals surface area (Å²) in [5, 5.41) is 38.4. The van der Waals surface area contributed by atoms with E-state index in [0.29, 0.717) is 0 Å². The van der Waals surface area contributed by atoms with Crippen molar-refractivity contribution < 1.29 is 9.47 Å². The van der Waals surface area contributed by atoms with Gasteiger partial charge in [-0.1, -0.05) is 25.0 Å². The van der Waals surface area contributed by atoms with Crippen LogP contribution in [0.25, 0.3) is 32.0 Å². The number of nitriles is 4. The first-order valence-electron chi connectivity index (χ1n) is 18.8. The van der Waals surface area contributed by atoms with Crippen LogP contribution in [0, 0.1) is 45.3 Å². The van der Waals surface area contributed by atoms with Gasteiger partial charge >= 0.3 is 0 Å². The molecule has 0 saturated heterocycles. The number of ether oxygens (including phenoxy) is 2. The molecular weight excluding hydrogens is 681 g/mol. The lowest BCUT2D eigenvalue weighted by atomic mass is 9.76. The minimum atomic E-state index is -0.375. The molecule has 0 atom stereocenters. The summed E-state index contributed by atoms with van der Waals surface area (Å²) in [5.74, 6) is 1.85. The first kappa shape index (κ1) is 33.0. The molecule has 3 aromatic rings. The maximum absolute atomic E-state index is 9.60. The topological polar surface area (TPSA) is 114 Å². The van der Waals surface area contributed by atoms with Gasteiger partial charge in [-0.3, -0.25) is 0 Å². The van der Waals surface area contributed by atoms with E-state index < -0.39 is 0 Å². The van der Waals surface area contributed by atoms with E-state index in [1.54, 1.807) is 0 Å². The second-order valence-corrected chi connectivity index (χ2v) is 17.3. The largest absolute Gasteiger partial charge is 0.482 e. The number of benzene rings is 1. The molecule has 9 rings (SSSR count). The predicted octanol–water partition coefficient (Wildman–Crippen LogP) is 12.1. The zero-order valence-corrected chi connectivity index (χ0v) is 30.8. The zero-order chi connectivity index (χ0) is 35.5. The fourth-order valence-corrected chi connectivity index (χ4v) is 12.2. The summed E-state index contributed by atoms with van der Waals surface area (Å²) >= 11 is 3.65. The van der Waals surface area contributed by atoms with Crippen molar-refractivity contribution in [2.45, 2.75) is 114 Å². The molecule has 8 heteroatoms. The fourth-order valence-electron chi connectivity index (χ4n) is 9.55. The smallest absolute Gasteiger partial charge is 0.135 e. The van der Waals surface area contributed by atoms with E-state index >= 15 is 0 Å². The van der Waals surface area contributed by atoms with Crippen molar-refractivity contribution in [2.24, 2.45) is 0 Å². The van der Waals surface area contributed by atoms with Crippen LogP contribution in [-0.2, 0) is 11.2 Å². The number of rotatable bonds is 2. The Morgan fingerprint density at radius 1 is 0.519 bits per heavy atom. The third-order valence-electron chi connectivity index (χ3n) is 12.2. The monoisotopic (exact) mass is 718 g/mol. The lowest BCUT2D eigenvalue weighted by Gasteiger charge is -2.44. The van der Waals surface area contributed by atoms with Gasteiger partial charge in [-0.15, -0.1) is 22.7 Å². The molecular formula is C44H38N4O2S2. The average Bonchev–Trinajstić information content (AvgIpc) is 3.85. The lowest BCUT2D eigenvalue weighted by molar-refractivity contribution is 0.0203. The molecule has 6 nitrogen and oxygen atoms in total. The van der Waals surface area contributed by atoms with Crippen LogP contribution in [0.15, 0.2) is 58.7 Å². The van der Waals surface area contributed by atoms with Gasteiger partial charge in [-0.25, -0.2) is 0 Å². The molecule has 2 saturated carbocycles. The molecule has 6 aliphatic rings. The molecule has 2 aromatic heterocycles. The minimum absolute atomic E-state index is 0.221. The van der Waals surface area contributed by atoms with Crippen molar-refractivity contribution in [1.82, 2.24) is 0 Å². The normalized spacial score (nSPS) is 20.5. The molecule has 4 aliphatic carbocycles. The molecule has 52 heavy (non-hydrogen) atoms. The van der Waals surface area contributed by atoms with Crippen LogP contribution >= 0.6 is 22.7 Å². The number of hydrogen-bond donors (Lipinski definition) is 0. The summed E-state index contributed by atoms with van der Waals surface area (Å²) in [5.41, 5.74) is 8.54. The van der Waals surface area contributed by atoms with Crippen LogP contribution < -0.4 is 9.47 Å². The first-order chi connectivity index (χ1) is 25.5. The highest BCUT2D eigenvalue weighted by atomic mass is 32.1. The van der Waals surface area contributed by atoms with Crippen molar-refractivity contribution in [2.75, 3.05) is 0 Å². The van der Waals surface area contributed by atoms with Gasteiger partial charge in [0.15, 0.2) is 0 Å². The maximum atomic E-state index is 9.60. The molecule has 0 N–H and O–H groups in total. The van der Waals surface area contributed by atoms with Gasteiger partial charge in [0.25, 0.3) is 0 Å². The standard InChI is InChI=1S/C44H38N4O2S2/c45-23-31(24-46)27-9-7-11-29(17-27)39-21-35-41(51-39)33-20-38-34(19-37(33)49-43(35)13-3-1-4-14-43)42-36(44(50-38)15-5-2-6-16-44)22-40(52-42)30-12-8-10-28(18-30)32(25-47)26-48/h17-22H,1-16H2. The summed E-state index contributed by atoms with van der Waals surface area (Å²) < 4.78 is 14.5. The van der Waals surface area contributed by atoms with Crippen molar-refractivity contribution in [1.29, 1.82) is 21.0 Å². The van der Waals surface area contributed by atoms with Gasteiger partial charge in [-0.05, 0) is 136 Å². The number of thiophene rings is 2. The highest BCUT2D eigenvalue weighted by Crippen LogP contribution is 2.61. The average molecular weight is 719 g/mol.